The van der Waals surface area contributed by atoms with Gasteiger partial charge in [-0.2, -0.15) is 5.10 Å². The van der Waals surface area contributed by atoms with Gasteiger partial charge in [0.1, 0.15) is 0 Å². The fraction of sp³-hybridized carbons (Fsp3) is 0.400. The molecular formula is C5H8N4O2. The lowest BCUT2D eigenvalue weighted by atomic mass is 10.1. The van der Waals surface area contributed by atoms with E-state index >= 15 is 0 Å². The van der Waals surface area contributed by atoms with E-state index in [1.54, 1.807) is 0 Å². The fourth-order valence-corrected chi connectivity index (χ4v) is 0.746. The Kier molecular flexibility index (Phi) is 2.17. The van der Waals surface area contributed by atoms with Crippen LogP contribution in [0.3, 0.4) is 0 Å². The van der Waals surface area contributed by atoms with Gasteiger partial charge in [0.2, 0.25) is 11.8 Å². The number of hydrogen-bond acceptors (Lipinski definition) is 4. The fourth-order valence-electron chi connectivity index (χ4n) is 0.746. The van der Waals surface area contributed by atoms with Gasteiger partial charge in [-0.1, -0.05) is 0 Å². The van der Waals surface area contributed by atoms with Gasteiger partial charge in [-0.25, -0.2) is 11.3 Å². The first kappa shape index (κ1) is 7.67. The summed E-state index contributed by atoms with van der Waals surface area (Å²) in [5, 5.41) is 3.49. The minimum absolute atomic E-state index is 0.0475. The van der Waals surface area contributed by atoms with Crippen LogP contribution < -0.4 is 16.7 Å². The number of nitrogens with zero attached hydrogens (tertiary/aromatic N) is 1. The molecule has 1 aliphatic heterocycles. The lowest BCUT2D eigenvalue weighted by molar-refractivity contribution is -0.127. The van der Waals surface area contributed by atoms with Gasteiger partial charge in [0, 0.05) is 12.6 Å². The van der Waals surface area contributed by atoms with Gasteiger partial charge in [0.05, 0.1) is 5.92 Å². The Labute approximate surface area is 62.8 Å². The molecule has 0 bridgehead atoms. The van der Waals surface area contributed by atoms with Crippen molar-refractivity contribution in [1.29, 1.82) is 0 Å². The van der Waals surface area contributed by atoms with Crippen molar-refractivity contribution in [1.82, 2.24) is 10.9 Å². The smallest absolute Gasteiger partial charge is 0.249 e. The van der Waals surface area contributed by atoms with Crippen molar-refractivity contribution in [3.63, 3.8) is 0 Å². The normalized spacial score (nSPS) is 21.5. The van der Waals surface area contributed by atoms with Crippen LogP contribution >= 0.6 is 0 Å². The number of hydrazone groups is 1. The summed E-state index contributed by atoms with van der Waals surface area (Å²) in [5.74, 6) is 3.70. The molecule has 0 aromatic carbocycles. The molecule has 0 aromatic heterocycles. The summed E-state index contributed by atoms with van der Waals surface area (Å²) in [5.41, 5.74) is 4.14. The van der Waals surface area contributed by atoms with E-state index in [9.17, 15) is 9.59 Å². The van der Waals surface area contributed by atoms with E-state index in [1.807, 2.05) is 5.43 Å². The maximum atomic E-state index is 10.8. The van der Waals surface area contributed by atoms with Gasteiger partial charge in [0.25, 0.3) is 0 Å². The van der Waals surface area contributed by atoms with Crippen molar-refractivity contribution in [3.8, 4) is 0 Å². The number of carbonyl (C=O) groups excluding carboxylic acids is 2. The standard InChI is InChI=1S/C5H8N4O2/c6-8-4(10)1-3-2-7-9-5(3)11/h2-3H,1,6H2,(H,8,10)(H,9,11). The van der Waals surface area contributed by atoms with Crippen molar-refractivity contribution in [2.24, 2.45) is 16.9 Å². The second-order valence-corrected chi connectivity index (χ2v) is 2.13. The van der Waals surface area contributed by atoms with Crippen LogP contribution in [0.25, 0.3) is 0 Å². The Morgan fingerprint density at radius 1 is 1.91 bits per heavy atom. The van der Waals surface area contributed by atoms with E-state index in [1.165, 1.54) is 6.21 Å². The molecule has 11 heavy (non-hydrogen) atoms. The van der Waals surface area contributed by atoms with Crippen molar-refractivity contribution in [2.75, 3.05) is 0 Å². The van der Waals surface area contributed by atoms with E-state index in [2.05, 4.69) is 10.5 Å². The largest absolute Gasteiger partial charge is 0.294 e. The topological polar surface area (TPSA) is 96.6 Å². The summed E-state index contributed by atoms with van der Waals surface area (Å²) in [6, 6.07) is 0. The molecule has 6 nitrogen and oxygen atoms in total. The first-order valence-corrected chi connectivity index (χ1v) is 3.06. The highest BCUT2D eigenvalue weighted by Gasteiger charge is 2.22. The van der Waals surface area contributed by atoms with Crippen LogP contribution in [0.1, 0.15) is 6.42 Å². The van der Waals surface area contributed by atoms with Crippen molar-refractivity contribution < 1.29 is 9.59 Å². The Hall–Kier alpha value is -1.43. The Balaban J connectivity index is 2.43. The van der Waals surface area contributed by atoms with Crippen molar-refractivity contribution >= 4 is 18.0 Å². The van der Waals surface area contributed by atoms with E-state index in [-0.39, 0.29) is 18.2 Å². The SMILES string of the molecule is NNC(=O)CC1C=NNC1=O. The van der Waals surface area contributed by atoms with Gasteiger partial charge in [0.15, 0.2) is 0 Å². The number of carbonyl (C=O) groups is 2. The number of amides is 2. The highest BCUT2D eigenvalue weighted by molar-refractivity contribution is 6.00. The van der Waals surface area contributed by atoms with Crippen LogP contribution in [0.2, 0.25) is 0 Å². The summed E-state index contributed by atoms with van der Waals surface area (Å²) < 4.78 is 0. The maximum absolute atomic E-state index is 10.8. The zero-order chi connectivity index (χ0) is 8.27. The van der Waals surface area contributed by atoms with Gasteiger partial charge in [-0.05, 0) is 0 Å². The molecule has 2 amide bonds. The van der Waals surface area contributed by atoms with Crippen LogP contribution in [0.5, 0.6) is 0 Å². The molecule has 0 saturated heterocycles. The summed E-state index contributed by atoms with van der Waals surface area (Å²) in [6.45, 7) is 0. The number of rotatable bonds is 2. The van der Waals surface area contributed by atoms with Crippen molar-refractivity contribution in [2.45, 2.75) is 6.42 Å². The summed E-state index contributed by atoms with van der Waals surface area (Å²) in [6.07, 6.45) is 1.43. The molecule has 0 radical (unpaired) electrons. The Morgan fingerprint density at radius 3 is 3.09 bits per heavy atom. The first-order chi connectivity index (χ1) is 5.24. The number of nitrogens with one attached hydrogen (secondary N) is 2. The van der Waals surface area contributed by atoms with E-state index in [0.29, 0.717) is 0 Å². The lowest BCUT2D eigenvalue weighted by Gasteiger charge is -2.01. The second kappa shape index (κ2) is 3.11. The molecule has 0 aliphatic carbocycles. The average Bonchev–Trinajstić information content (AvgIpc) is 2.37. The van der Waals surface area contributed by atoms with Crippen LogP contribution in [0, 0.1) is 5.92 Å². The molecule has 1 heterocycles. The number of nitrogens with two attached hydrogens (primary N) is 1. The molecule has 1 atom stereocenters. The van der Waals surface area contributed by atoms with Gasteiger partial charge in [-0.3, -0.25) is 15.0 Å². The molecule has 60 valence electrons. The third kappa shape index (κ3) is 1.74. The summed E-state index contributed by atoms with van der Waals surface area (Å²) in [4.78, 5) is 21.4. The van der Waals surface area contributed by atoms with E-state index in [0.717, 1.165) is 0 Å². The molecule has 0 spiro atoms. The number of hydrogen-bond donors (Lipinski definition) is 3. The molecule has 1 rings (SSSR count). The zero-order valence-corrected chi connectivity index (χ0v) is 5.70. The second-order valence-electron chi connectivity index (χ2n) is 2.13. The van der Waals surface area contributed by atoms with Crippen LogP contribution in [-0.4, -0.2) is 18.0 Å². The molecular weight excluding hydrogens is 148 g/mol. The molecule has 0 saturated carbocycles. The van der Waals surface area contributed by atoms with Crippen LogP contribution in [0.4, 0.5) is 0 Å². The quantitative estimate of drug-likeness (QED) is 0.247. The van der Waals surface area contributed by atoms with Crippen molar-refractivity contribution in [3.05, 3.63) is 0 Å². The van der Waals surface area contributed by atoms with Gasteiger partial charge < -0.3 is 0 Å². The first-order valence-electron chi connectivity index (χ1n) is 3.06. The highest BCUT2D eigenvalue weighted by Crippen LogP contribution is 2.03. The number of hydrazine groups is 1. The monoisotopic (exact) mass is 156 g/mol. The average molecular weight is 156 g/mol. The predicted octanol–water partition coefficient (Wildman–Crippen LogP) is -1.90. The van der Waals surface area contributed by atoms with Gasteiger partial charge >= 0.3 is 0 Å². The molecule has 0 fully saturated rings. The van der Waals surface area contributed by atoms with E-state index < -0.39 is 5.92 Å². The summed E-state index contributed by atoms with van der Waals surface area (Å²) >= 11 is 0. The lowest BCUT2D eigenvalue weighted by Crippen LogP contribution is -2.33. The third-order valence-electron chi connectivity index (χ3n) is 1.33. The molecule has 1 aliphatic rings. The maximum Gasteiger partial charge on any atom is 0.249 e. The highest BCUT2D eigenvalue weighted by atomic mass is 16.2. The zero-order valence-electron chi connectivity index (χ0n) is 5.70. The minimum atomic E-state index is -0.474. The Morgan fingerprint density at radius 2 is 2.64 bits per heavy atom. The van der Waals surface area contributed by atoms with Gasteiger partial charge in [-0.15, -0.1) is 0 Å². The summed E-state index contributed by atoms with van der Waals surface area (Å²) in [7, 11) is 0. The predicted molar refractivity (Wildman–Crippen MR) is 37.1 cm³/mol. The molecule has 0 aromatic rings. The molecule has 6 heteroatoms. The van der Waals surface area contributed by atoms with Crippen LogP contribution in [-0.2, 0) is 9.59 Å². The molecule has 1 unspecified atom stereocenters. The molecule has 4 N–H and O–H groups in total. The van der Waals surface area contributed by atoms with Crippen LogP contribution in [0.15, 0.2) is 5.10 Å². The third-order valence-corrected chi connectivity index (χ3v) is 1.33. The van der Waals surface area contributed by atoms with E-state index in [4.69, 9.17) is 5.84 Å². The minimum Gasteiger partial charge on any atom is -0.294 e. The Bertz CT molecular complexity index is 213.